The SMILES string of the molecule is CCCNC(C)c1nc(C2CN(C(C)C)CCO2)no1. The van der Waals surface area contributed by atoms with E-state index in [4.69, 9.17) is 9.26 Å². The summed E-state index contributed by atoms with van der Waals surface area (Å²) in [5, 5.41) is 7.43. The molecule has 0 radical (unpaired) electrons. The molecule has 1 aromatic heterocycles. The maximum Gasteiger partial charge on any atom is 0.243 e. The van der Waals surface area contributed by atoms with Crippen LogP contribution in [0.15, 0.2) is 4.52 Å². The van der Waals surface area contributed by atoms with Gasteiger partial charge >= 0.3 is 0 Å². The van der Waals surface area contributed by atoms with Gasteiger partial charge in [-0.1, -0.05) is 12.1 Å². The highest BCUT2D eigenvalue weighted by molar-refractivity contribution is 4.97. The molecular weight excluding hydrogens is 256 g/mol. The van der Waals surface area contributed by atoms with E-state index in [1.807, 2.05) is 6.92 Å². The molecular formula is C14H26N4O2. The first-order valence-corrected chi connectivity index (χ1v) is 7.54. The van der Waals surface area contributed by atoms with Crippen molar-refractivity contribution in [3.05, 3.63) is 11.7 Å². The fourth-order valence-electron chi connectivity index (χ4n) is 2.30. The summed E-state index contributed by atoms with van der Waals surface area (Å²) in [6.07, 6.45) is 1.00. The molecule has 1 aliphatic heterocycles. The zero-order valence-electron chi connectivity index (χ0n) is 12.9. The summed E-state index contributed by atoms with van der Waals surface area (Å²) >= 11 is 0. The highest BCUT2D eigenvalue weighted by Crippen LogP contribution is 2.22. The van der Waals surface area contributed by atoms with Crippen molar-refractivity contribution in [1.29, 1.82) is 0 Å². The Labute approximate surface area is 120 Å². The third kappa shape index (κ3) is 3.77. The first kappa shape index (κ1) is 15.4. The number of morpholine rings is 1. The van der Waals surface area contributed by atoms with Crippen molar-refractivity contribution in [2.24, 2.45) is 0 Å². The standard InChI is InChI=1S/C14H26N4O2/c1-5-6-15-11(4)14-16-13(17-20-14)12-9-18(10(2)3)7-8-19-12/h10-12,15H,5-9H2,1-4H3. The molecule has 1 N–H and O–H groups in total. The molecule has 2 unspecified atom stereocenters. The van der Waals surface area contributed by atoms with Gasteiger partial charge in [0.05, 0.1) is 12.6 Å². The number of nitrogens with zero attached hydrogens (tertiary/aromatic N) is 3. The summed E-state index contributed by atoms with van der Waals surface area (Å²) in [6, 6.07) is 0.596. The third-order valence-electron chi connectivity index (χ3n) is 3.64. The minimum absolute atomic E-state index is 0.0815. The van der Waals surface area contributed by atoms with Gasteiger partial charge in [-0.3, -0.25) is 4.90 Å². The molecule has 1 saturated heterocycles. The zero-order chi connectivity index (χ0) is 14.5. The third-order valence-corrected chi connectivity index (χ3v) is 3.64. The number of nitrogens with one attached hydrogen (secondary N) is 1. The molecule has 1 aromatic rings. The average Bonchev–Trinajstić information content (AvgIpc) is 2.94. The Bertz CT molecular complexity index is 408. The van der Waals surface area contributed by atoms with Crippen LogP contribution in [0.3, 0.4) is 0 Å². The molecule has 0 spiro atoms. The smallest absolute Gasteiger partial charge is 0.243 e. The summed E-state index contributed by atoms with van der Waals surface area (Å²) in [6.45, 7) is 12.0. The van der Waals surface area contributed by atoms with E-state index in [-0.39, 0.29) is 12.1 Å². The van der Waals surface area contributed by atoms with Crippen molar-refractivity contribution in [1.82, 2.24) is 20.4 Å². The van der Waals surface area contributed by atoms with Crippen LogP contribution >= 0.6 is 0 Å². The Morgan fingerprint density at radius 3 is 2.90 bits per heavy atom. The van der Waals surface area contributed by atoms with Crippen molar-refractivity contribution in [2.45, 2.75) is 52.3 Å². The second kappa shape index (κ2) is 7.15. The van der Waals surface area contributed by atoms with Crippen LogP contribution in [0.4, 0.5) is 0 Å². The highest BCUT2D eigenvalue weighted by Gasteiger charge is 2.28. The molecule has 6 heteroatoms. The van der Waals surface area contributed by atoms with Crippen LogP contribution in [-0.4, -0.2) is 47.3 Å². The molecule has 1 aliphatic rings. The molecule has 2 heterocycles. The molecule has 2 rings (SSSR count). The highest BCUT2D eigenvalue weighted by atomic mass is 16.5. The Morgan fingerprint density at radius 1 is 1.40 bits per heavy atom. The molecule has 0 aromatic carbocycles. The molecule has 114 valence electrons. The Morgan fingerprint density at radius 2 is 2.20 bits per heavy atom. The lowest BCUT2D eigenvalue weighted by molar-refractivity contribution is -0.0450. The largest absolute Gasteiger partial charge is 0.367 e. The van der Waals surface area contributed by atoms with E-state index in [9.17, 15) is 0 Å². The number of ether oxygens (including phenoxy) is 1. The average molecular weight is 282 g/mol. The number of rotatable bonds is 6. The normalized spacial score (nSPS) is 22.4. The van der Waals surface area contributed by atoms with Gasteiger partial charge in [0.25, 0.3) is 0 Å². The van der Waals surface area contributed by atoms with Crippen LogP contribution in [0.25, 0.3) is 0 Å². The van der Waals surface area contributed by atoms with E-state index in [2.05, 4.69) is 41.1 Å². The predicted molar refractivity (Wildman–Crippen MR) is 76.4 cm³/mol. The van der Waals surface area contributed by atoms with Crippen LogP contribution in [0, 0.1) is 0 Å². The lowest BCUT2D eigenvalue weighted by Crippen LogP contribution is -2.42. The minimum atomic E-state index is -0.0815. The fraction of sp³-hybridized carbons (Fsp3) is 0.857. The van der Waals surface area contributed by atoms with E-state index >= 15 is 0 Å². The summed E-state index contributed by atoms with van der Waals surface area (Å²) in [4.78, 5) is 6.87. The Hall–Kier alpha value is -0.980. The van der Waals surface area contributed by atoms with Crippen molar-refractivity contribution in [2.75, 3.05) is 26.2 Å². The molecule has 0 amide bonds. The lowest BCUT2D eigenvalue weighted by atomic mass is 10.2. The first-order chi connectivity index (χ1) is 9.61. The molecule has 0 bridgehead atoms. The number of hydrogen-bond acceptors (Lipinski definition) is 6. The predicted octanol–water partition coefficient (Wildman–Crippen LogP) is 1.91. The van der Waals surface area contributed by atoms with Gasteiger partial charge in [-0.15, -0.1) is 0 Å². The van der Waals surface area contributed by atoms with Crippen LogP contribution < -0.4 is 5.32 Å². The van der Waals surface area contributed by atoms with E-state index < -0.39 is 0 Å². The quantitative estimate of drug-likeness (QED) is 0.860. The molecule has 0 aliphatic carbocycles. The van der Waals surface area contributed by atoms with Gasteiger partial charge in [0.2, 0.25) is 11.7 Å². The van der Waals surface area contributed by atoms with Crippen LogP contribution in [0.2, 0.25) is 0 Å². The van der Waals surface area contributed by atoms with Crippen molar-refractivity contribution < 1.29 is 9.26 Å². The monoisotopic (exact) mass is 282 g/mol. The minimum Gasteiger partial charge on any atom is -0.367 e. The summed E-state index contributed by atoms with van der Waals surface area (Å²) < 4.78 is 11.1. The van der Waals surface area contributed by atoms with Gasteiger partial charge in [-0.2, -0.15) is 4.98 Å². The second-order valence-electron chi connectivity index (χ2n) is 5.61. The van der Waals surface area contributed by atoms with Crippen molar-refractivity contribution in [3.63, 3.8) is 0 Å². The van der Waals surface area contributed by atoms with Gasteiger partial charge in [0.1, 0.15) is 6.10 Å². The molecule has 6 nitrogen and oxygen atoms in total. The van der Waals surface area contributed by atoms with Gasteiger partial charge < -0.3 is 14.6 Å². The second-order valence-corrected chi connectivity index (χ2v) is 5.61. The van der Waals surface area contributed by atoms with Crippen LogP contribution in [-0.2, 0) is 4.74 Å². The molecule has 20 heavy (non-hydrogen) atoms. The van der Waals surface area contributed by atoms with Gasteiger partial charge in [0, 0.05) is 19.1 Å². The fourth-order valence-corrected chi connectivity index (χ4v) is 2.30. The van der Waals surface area contributed by atoms with E-state index in [0.717, 1.165) is 32.7 Å². The molecule has 1 fully saturated rings. The maximum atomic E-state index is 5.77. The molecule has 0 saturated carbocycles. The van der Waals surface area contributed by atoms with Gasteiger partial charge in [0.15, 0.2) is 0 Å². The van der Waals surface area contributed by atoms with Crippen molar-refractivity contribution >= 4 is 0 Å². The van der Waals surface area contributed by atoms with Crippen molar-refractivity contribution in [3.8, 4) is 0 Å². The van der Waals surface area contributed by atoms with Crippen LogP contribution in [0.1, 0.15) is 58.0 Å². The summed E-state index contributed by atoms with van der Waals surface area (Å²) in [5.41, 5.74) is 0. The summed E-state index contributed by atoms with van der Waals surface area (Å²) in [5.74, 6) is 1.30. The Balaban J connectivity index is 1.97. The number of hydrogen-bond donors (Lipinski definition) is 1. The van der Waals surface area contributed by atoms with E-state index in [0.29, 0.717) is 17.8 Å². The zero-order valence-corrected chi connectivity index (χ0v) is 12.9. The van der Waals surface area contributed by atoms with E-state index in [1.165, 1.54) is 0 Å². The topological polar surface area (TPSA) is 63.4 Å². The molecule has 2 atom stereocenters. The summed E-state index contributed by atoms with van der Waals surface area (Å²) in [7, 11) is 0. The first-order valence-electron chi connectivity index (χ1n) is 7.54. The van der Waals surface area contributed by atoms with Gasteiger partial charge in [-0.05, 0) is 33.7 Å². The van der Waals surface area contributed by atoms with Gasteiger partial charge in [-0.25, -0.2) is 0 Å². The van der Waals surface area contributed by atoms with Crippen LogP contribution in [0.5, 0.6) is 0 Å². The maximum absolute atomic E-state index is 5.77. The van der Waals surface area contributed by atoms with E-state index in [1.54, 1.807) is 0 Å². The lowest BCUT2D eigenvalue weighted by Gasteiger charge is -2.34. The Kier molecular flexibility index (Phi) is 5.51. The number of aromatic nitrogens is 2.